The van der Waals surface area contributed by atoms with E-state index < -0.39 is 5.97 Å². The van der Waals surface area contributed by atoms with Crippen LogP contribution < -0.4 is 0 Å². The fourth-order valence-electron chi connectivity index (χ4n) is 3.08. The van der Waals surface area contributed by atoms with E-state index in [2.05, 4.69) is 13.8 Å². The molecule has 0 spiro atoms. The fraction of sp³-hybridized carbons (Fsp3) is 0.588. The third-order valence-corrected chi connectivity index (χ3v) is 4.46. The Morgan fingerprint density at radius 2 is 2.00 bits per heavy atom. The summed E-state index contributed by atoms with van der Waals surface area (Å²) in [5.41, 5.74) is 1.62. The van der Waals surface area contributed by atoms with E-state index in [1.807, 2.05) is 12.1 Å². The van der Waals surface area contributed by atoms with Crippen LogP contribution in [0.25, 0.3) is 0 Å². The molecule has 1 unspecified atom stereocenters. The maximum Gasteiger partial charge on any atom is 0.303 e. The van der Waals surface area contributed by atoms with Crippen LogP contribution >= 0.6 is 0 Å². The molecule has 1 saturated carbocycles. The molecule has 0 heterocycles. The highest BCUT2D eigenvalue weighted by molar-refractivity contribution is 5.68. The Balaban J connectivity index is 2.24. The number of hydrogen-bond donors (Lipinski definition) is 1. The molecule has 1 atom stereocenters. The molecule has 1 fully saturated rings. The summed E-state index contributed by atoms with van der Waals surface area (Å²) in [6, 6.07) is 5.36. The van der Waals surface area contributed by atoms with E-state index >= 15 is 0 Å². The maximum absolute atomic E-state index is 14.3. The molecule has 1 aromatic carbocycles. The molecule has 1 N–H and O–H groups in total. The quantitative estimate of drug-likeness (QED) is 0.785. The van der Waals surface area contributed by atoms with Gasteiger partial charge in [0.15, 0.2) is 0 Å². The molecule has 0 amide bonds. The van der Waals surface area contributed by atoms with Crippen molar-refractivity contribution in [3.63, 3.8) is 0 Å². The second-order valence-electron chi connectivity index (χ2n) is 5.84. The van der Waals surface area contributed by atoms with Crippen LogP contribution in [0.4, 0.5) is 4.39 Å². The van der Waals surface area contributed by atoms with E-state index in [-0.39, 0.29) is 24.1 Å². The van der Waals surface area contributed by atoms with Gasteiger partial charge in [0.25, 0.3) is 0 Å². The number of carboxylic acid groups (broad SMARTS) is 1. The lowest BCUT2D eigenvalue weighted by Gasteiger charge is -2.18. The number of halogens is 1. The molecule has 2 rings (SSSR count). The van der Waals surface area contributed by atoms with Gasteiger partial charge in [0.05, 0.1) is 6.42 Å². The molecule has 110 valence electrons. The van der Waals surface area contributed by atoms with Gasteiger partial charge >= 0.3 is 5.97 Å². The Labute approximate surface area is 120 Å². The van der Waals surface area contributed by atoms with Crippen molar-refractivity contribution in [1.82, 2.24) is 0 Å². The van der Waals surface area contributed by atoms with Crippen molar-refractivity contribution < 1.29 is 14.3 Å². The van der Waals surface area contributed by atoms with Crippen LogP contribution in [0.1, 0.15) is 68.9 Å². The molecule has 0 radical (unpaired) electrons. The zero-order valence-corrected chi connectivity index (χ0v) is 12.2. The van der Waals surface area contributed by atoms with Gasteiger partial charge in [0.1, 0.15) is 5.82 Å². The van der Waals surface area contributed by atoms with E-state index in [1.54, 1.807) is 6.07 Å². The van der Waals surface area contributed by atoms with Gasteiger partial charge in [-0.15, -0.1) is 0 Å². The van der Waals surface area contributed by atoms with Gasteiger partial charge in [-0.2, -0.15) is 0 Å². The number of aliphatic carboxylic acids is 1. The summed E-state index contributed by atoms with van der Waals surface area (Å²) >= 11 is 0. The van der Waals surface area contributed by atoms with E-state index in [1.165, 1.54) is 0 Å². The minimum Gasteiger partial charge on any atom is -0.481 e. The van der Waals surface area contributed by atoms with Crippen LogP contribution in [0.2, 0.25) is 0 Å². The van der Waals surface area contributed by atoms with E-state index in [0.29, 0.717) is 5.92 Å². The first-order valence-corrected chi connectivity index (χ1v) is 7.57. The molecule has 1 aromatic rings. The Morgan fingerprint density at radius 3 is 2.45 bits per heavy atom. The van der Waals surface area contributed by atoms with Gasteiger partial charge in [-0.3, -0.25) is 4.79 Å². The van der Waals surface area contributed by atoms with Gasteiger partial charge in [-0.1, -0.05) is 26.0 Å². The van der Waals surface area contributed by atoms with Crippen molar-refractivity contribution >= 4 is 5.97 Å². The smallest absolute Gasteiger partial charge is 0.303 e. The summed E-state index contributed by atoms with van der Waals surface area (Å²) in [6.45, 7) is 4.14. The van der Waals surface area contributed by atoms with E-state index in [0.717, 1.165) is 36.8 Å². The lowest BCUT2D eigenvalue weighted by atomic mass is 9.87. The second-order valence-corrected chi connectivity index (χ2v) is 5.84. The first-order chi connectivity index (χ1) is 9.56. The minimum absolute atomic E-state index is 0.0299. The van der Waals surface area contributed by atoms with Crippen molar-refractivity contribution in [3.8, 4) is 0 Å². The Kier molecular flexibility index (Phi) is 4.79. The van der Waals surface area contributed by atoms with E-state index in [9.17, 15) is 9.18 Å². The fourth-order valence-corrected chi connectivity index (χ4v) is 3.08. The van der Waals surface area contributed by atoms with Crippen LogP contribution in [0.15, 0.2) is 18.2 Å². The average Bonchev–Trinajstić information content (AvgIpc) is 3.23. The zero-order chi connectivity index (χ0) is 14.7. The van der Waals surface area contributed by atoms with E-state index in [4.69, 9.17) is 5.11 Å². The lowest BCUT2D eigenvalue weighted by molar-refractivity contribution is -0.137. The summed E-state index contributed by atoms with van der Waals surface area (Å²) < 4.78 is 14.3. The van der Waals surface area contributed by atoms with Crippen molar-refractivity contribution in [2.24, 2.45) is 5.92 Å². The number of carboxylic acids is 1. The number of rotatable bonds is 7. The highest BCUT2D eigenvalue weighted by Crippen LogP contribution is 2.45. The molecule has 1 aliphatic rings. The SMILES string of the molecule is CCC(CC)c1ccc(C(CC(=O)O)C2CC2)cc1F. The summed E-state index contributed by atoms with van der Waals surface area (Å²) in [5, 5.41) is 9.02. The molecular formula is C17H23FO2. The molecule has 0 saturated heterocycles. The molecule has 3 heteroatoms. The third-order valence-electron chi connectivity index (χ3n) is 4.46. The molecule has 0 bridgehead atoms. The largest absolute Gasteiger partial charge is 0.481 e. The topological polar surface area (TPSA) is 37.3 Å². The Morgan fingerprint density at radius 1 is 1.35 bits per heavy atom. The number of benzene rings is 1. The van der Waals surface area contributed by atoms with Crippen molar-refractivity contribution in [2.45, 2.75) is 57.8 Å². The second kappa shape index (κ2) is 6.38. The zero-order valence-electron chi connectivity index (χ0n) is 12.2. The predicted molar refractivity (Wildman–Crippen MR) is 77.4 cm³/mol. The molecular weight excluding hydrogens is 255 g/mol. The average molecular weight is 278 g/mol. The molecule has 2 nitrogen and oxygen atoms in total. The monoisotopic (exact) mass is 278 g/mol. The molecule has 0 aliphatic heterocycles. The lowest BCUT2D eigenvalue weighted by Crippen LogP contribution is -2.09. The van der Waals surface area contributed by atoms with Crippen LogP contribution in [0.5, 0.6) is 0 Å². The van der Waals surface area contributed by atoms with Crippen LogP contribution in [-0.2, 0) is 4.79 Å². The van der Waals surface area contributed by atoms with Gasteiger partial charge in [0.2, 0.25) is 0 Å². The summed E-state index contributed by atoms with van der Waals surface area (Å²) in [4.78, 5) is 11.0. The predicted octanol–water partition coefficient (Wildman–Crippen LogP) is 4.70. The maximum atomic E-state index is 14.3. The number of carbonyl (C=O) groups is 1. The van der Waals surface area contributed by atoms with Gasteiger partial charge in [0, 0.05) is 0 Å². The normalized spacial score (nSPS) is 16.4. The highest BCUT2D eigenvalue weighted by Gasteiger charge is 2.34. The van der Waals surface area contributed by atoms with Crippen molar-refractivity contribution in [2.75, 3.05) is 0 Å². The van der Waals surface area contributed by atoms with Crippen LogP contribution in [0, 0.1) is 11.7 Å². The summed E-state index contributed by atoms with van der Waals surface area (Å²) in [7, 11) is 0. The van der Waals surface area contributed by atoms with Gasteiger partial charge < -0.3 is 5.11 Å². The Hall–Kier alpha value is -1.38. The third kappa shape index (κ3) is 3.38. The van der Waals surface area contributed by atoms with Crippen molar-refractivity contribution in [1.29, 1.82) is 0 Å². The van der Waals surface area contributed by atoms with Gasteiger partial charge in [-0.05, 0) is 60.6 Å². The first-order valence-electron chi connectivity index (χ1n) is 7.57. The number of hydrogen-bond acceptors (Lipinski definition) is 1. The van der Waals surface area contributed by atoms with Crippen LogP contribution in [0.3, 0.4) is 0 Å². The van der Waals surface area contributed by atoms with Crippen LogP contribution in [-0.4, -0.2) is 11.1 Å². The van der Waals surface area contributed by atoms with Gasteiger partial charge in [-0.25, -0.2) is 4.39 Å². The molecule has 0 aromatic heterocycles. The Bertz CT molecular complexity index is 476. The molecule has 1 aliphatic carbocycles. The minimum atomic E-state index is -0.800. The first kappa shape index (κ1) is 15.0. The summed E-state index contributed by atoms with van der Waals surface area (Å²) in [6.07, 6.45) is 4.08. The highest BCUT2D eigenvalue weighted by atomic mass is 19.1. The molecule has 20 heavy (non-hydrogen) atoms. The standard InChI is InChI=1S/C17H23FO2/c1-3-11(4-2)14-8-7-13(9-16(14)18)15(10-17(19)20)12-5-6-12/h7-9,11-12,15H,3-6,10H2,1-2H3,(H,19,20). The van der Waals surface area contributed by atoms with Crippen molar-refractivity contribution in [3.05, 3.63) is 35.1 Å². The summed E-state index contributed by atoms with van der Waals surface area (Å²) in [5.74, 6) is -0.330.